The Morgan fingerprint density at radius 1 is 1.23 bits per heavy atom. The Balaban J connectivity index is 1.67. The van der Waals surface area contributed by atoms with Crippen molar-refractivity contribution in [1.29, 1.82) is 0 Å². The topological polar surface area (TPSA) is 61.0 Å². The van der Waals surface area contributed by atoms with Crippen molar-refractivity contribution in [2.75, 3.05) is 7.11 Å². The number of nitrogens with zero attached hydrogens (tertiary/aromatic N) is 1. The summed E-state index contributed by atoms with van der Waals surface area (Å²) in [5.41, 5.74) is 1.33. The molecule has 0 unspecified atom stereocenters. The normalized spacial score (nSPS) is 11.0. The van der Waals surface area contributed by atoms with E-state index in [1.165, 1.54) is 24.7 Å². The number of carbonyl (C=O) groups excluding carboxylic acids is 1. The van der Waals surface area contributed by atoms with Gasteiger partial charge in [0, 0.05) is 21.2 Å². The molecule has 3 rings (SSSR count). The Morgan fingerprint density at radius 3 is 2.73 bits per heavy atom. The molecular weight excluding hydrogens is 397 g/mol. The molecule has 0 atom stereocenters. The molecular formula is C18H13Cl2NO4S. The Morgan fingerprint density at radius 2 is 2.00 bits per heavy atom. The van der Waals surface area contributed by atoms with Gasteiger partial charge < -0.3 is 14.0 Å². The van der Waals surface area contributed by atoms with Crippen LogP contribution in [0.2, 0.25) is 10.0 Å². The van der Waals surface area contributed by atoms with Crippen LogP contribution in [0.1, 0.15) is 21.0 Å². The second kappa shape index (κ2) is 8.40. The van der Waals surface area contributed by atoms with Gasteiger partial charge in [-0.25, -0.2) is 4.79 Å². The fourth-order valence-corrected chi connectivity index (χ4v) is 3.50. The van der Waals surface area contributed by atoms with E-state index in [0.717, 1.165) is 0 Å². The van der Waals surface area contributed by atoms with E-state index in [-0.39, 0.29) is 6.61 Å². The van der Waals surface area contributed by atoms with Crippen LogP contribution in [-0.2, 0) is 16.2 Å². The number of hydrogen-bond acceptors (Lipinski definition) is 6. The number of methoxy groups -OCH3 is 1. The van der Waals surface area contributed by atoms with Gasteiger partial charge >= 0.3 is 5.97 Å². The Kier molecular flexibility index (Phi) is 5.98. The van der Waals surface area contributed by atoms with Crippen molar-refractivity contribution in [3.05, 3.63) is 68.0 Å². The first-order valence-electron chi connectivity index (χ1n) is 7.44. The van der Waals surface area contributed by atoms with Crippen LogP contribution in [0, 0.1) is 0 Å². The van der Waals surface area contributed by atoms with Gasteiger partial charge in [0.15, 0.2) is 0 Å². The molecule has 1 aromatic carbocycles. The first kappa shape index (κ1) is 18.5. The highest BCUT2D eigenvalue weighted by Gasteiger charge is 2.17. The van der Waals surface area contributed by atoms with Crippen LogP contribution >= 0.6 is 34.5 Å². The summed E-state index contributed by atoms with van der Waals surface area (Å²) in [7, 11) is 1.34. The molecule has 3 aromatic rings. The van der Waals surface area contributed by atoms with Crippen molar-refractivity contribution < 1.29 is 18.8 Å². The minimum Gasteiger partial charge on any atom is -0.465 e. The number of thiophene rings is 1. The van der Waals surface area contributed by atoms with Gasteiger partial charge in [-0.2, -0.15) is 0 Å². The average Bonchev–Trinajstić information content (AvgIpc) is 3.29. The van der Waals surface area contributed by atoms with E-state index in [0.29, 0.717) is 37.6 Å². The number of oxime groups is 1. The van der Waals surface area contributed by atoms with E-state index in [1.807, 2.05) is 0 Å². The fourth-order valence-electron chi connectivity index (χ4n) is 2.18. The van der Waals surface area contributed by atoms with Gasteiger partial charge in [0.05, 0.1) is 7.11 Å². The molecule has 0 radical (unpaired) electrons. The summed E-state index contributed by atoms with van der Waals surface area (Å²) >= 11 is 13.4. The Bertz CT molecular complexity index is 928. The van der Waals surface area contributed by atoms with Crippen LogP contribution in [0.4, 0.5) is 0 Å². The molecule has 5 nitrogen and oxygen atoms in total. The summed E-state index contributed by atoms with van der Waals surface area (Å²) in [6, 6.07) is 10.5. The van der Waals surface area contributed by atoms with Crippen molar-refractivity contribution in [3.63, 3.8) is 0 Å². The Labute approximate surface area is 163 Å². The summed E-state index contributed by atoms with van der Waals surface area (Å²) in [5, 5.41) is 6.69. The lowest BCUT2D eigenvalue weighted by Crippen LogP contribution is -1.99. The summed E-state index contributed by atoms with van der Waals surface area (Å²) in [6.07, 6.45) is 1.43. The standard InChI is InChI=1S/C18H13Cl2NO4S/c1-23-18(22)17-12(7-8-26-17)16-6-5-11(25-16)9-21-24-10-13-14(19)3-2-4-15(13)20/h2-9H,10H2,1H3/b21-9-. The summed E-state index contributed by atoms with van der Waals surface area (Å²) in [6.45, 7) is 0.138. The molecule has 0 spiro atoms. The van der Waals surface area contributed by atoms with E-state index >= 15 is 0 Å². The number of furan rings is 1. The van der Waals surface area contributed by atoms with Gasteiger partial charge in [0.25, 0.3) is 0 Å². The molecule has 0 N–H and O–H groups in total. The van der Waals surface area contributed by atoms with E-state index < -0.39 is 5.97 Å². The zero-order valence-corrected chi connectivity index (χ0v) is 15.9. The first-order chi connectivity index (χ1) is 12.6. The maximum Gasteiger partial charge on any atom is 0.348 e. The number of ether oxygens (including phenoxy) is 1. The first-order valence-corrected chi connectivity index (χ1v) is 9.08. The average molecular weight is 410 g/mol. The van der Waals surface area contributed by atoms with Crippen molar-refractivity contribution in [2.24, 2.45) is 5.16 Å². The number of esters is 1. The molecule has 2 aromatic heterocycles. The lowest BCUT2D eigenvalue weighted by molar-refractivity contribution is 0.0607. The maximum atomic E-state index is 11.8. The molecule has 26 heavy (non-hydrogen) atoms. The van der Waals surface area contributed by atoms with Gasteiger partial charge in [-0.15, -0.1) is 11.3 Å². The van der Waals surface area contributed by atoms with Crippen LogP contribution in [0.15, 0.2) is 51.4 Å². The third-order valence-electron chi connectivity index (χ3n) is 3.45. The number of hydrogen-bond donors (Lipinski definition) is 0. The lowest BCUT2D eigenvalue weighted by atomic mass is 10.2. The molecule has 0 aliphatic carbocycles. The van der Waals surface area contributed by atoms with Crippen LogP contribution in [-0.4, -0.2) is 19.3 Å². The number of benzene rings is 1. The highest BCUT2D eigenvalue weighted by Crippen LogP contribution is 2.30. The van der Waals surface area contributed by atoms with E-state index in [2.05, 4.69) is 5.16 Å². The largest absolute Gasteiger partial charge is 0.465 e. The summed E-state index contributed by atoms with van der Waals surface area (Å²) < 4.78 is 10.4. The Hall–Kier alpha value is -2.28. The molecule has 0 aliphatic heterocycles. The highest BCUT2D eigenvalue weighted by molar-refractivity contribution is 7.12. The molecule has 2 heterocycles. The van der Waals surface area contributed by atoms with Crippen LogP contribution in [0.3, 0.4) is 0 Å². The van der Waals surface area contributed by atoms with Crippen molar-refractivity contribution in [3.8, 4) is 11.3 Å². The van der Waals surface area contributed by atoms with Crippen LogP contribution < -0.4 is 0 Å². The minimum atomic E-state index is -0.401. The van der Waals surface area contributed by atoms with Gasteiger partial charge in [-0.05, 0) is 35.7 Å². The minimum absolute atomic E-state index is 0.138. The van der Waals surface area contributed by atoms with Crippen molar-refractivity contribution in [1.82, 2.24) is 0 Å². The molecule has 0 fully saturated rings. The van der Waals surface area contributed by atoms with Gasteiger partial charge in [0.1, 0.15) is 29.2 Å². The van der Waals surface area contributed by atoms with Crippen LogP contribution in [0.5, 0.6) is 0 Å². The summed E-state index contributed by atoms with van der Waals surface area (Å²) in [5.74, 6) is 0.621. The number of rotatable bonds is 6. The predicted molar refractivity (Wildman–Crippen MR) is 102 cm³/mol. The number of carbonyl (C=O) groups is 1. The van der Waals surface area contributed by atoms with E-state index in [9.17, 15) is 4.79 Å². The number of halogens is 2. The lowest BCUT2D eigenvalue weighted by Gasteiger charge is -2.04. The quantitative estimate of drug-likeness (QED) is 0.299. The zero-order valence-electron chi connectivity index (χ0n) is 13.6. The predicted octanol–water partition coefficient (Wildman–Crippen LogP) is 5.65. The SMILES string of the molecule is COC(=O)c1sccc1-c1ccc(/C=N\OCc2c(Cl)cccc2Cl)o1. The highest BCUT2D eigenvalue weighted by atomic mass is 35.5. The molecule has 0 bridgehead atoms. The zero-order chi connectivity index (χ0) is 18.5. The molecule has 0 saturated heterocycles. The van der Waals surface area contributed by atoms with Crippen molar-refractivity contribution in [2.45, 2.75) is 6.61 Å². The monoisotopic (exact) mass is 409 g/mol. The van der Waals surface area contributed by atoms with Gasteiger partial charge in [-0.1, -0.05) is 34.4 Å². The second-order valence-corrected chi connectivity index (χ2v) is 6.80. The smallest absolute Gasteiger partial charge is 0.348 e. The molecule has 134 valence electrons. The molecule has 8 heteroatoms. The molecule has 0 aliphatic rings. The van der Waals surface area contributed by atoms with Crippen LogP contribution in [0.25, 0.3) is 11.3 Å². The van der Waals surface area contributed by atoms with Gasteiger partial charge in [-0.3, -0.25) is 0 Å². The van der Waals surface area contributed by atoms with E-state index in [1.54, 1.807) is 41.8 Å². The van der Waals surface area contributed by atoms with E-state index in [4.69, 9.17) is 37.2 Å². The maximum absolute atomic E-state index is 11.8. The van der Waals surface area contributed by atoms with Crippen molar-refractivity contribution >= 4 is 46.7 Å². The third kappa shape index (κ3) is 4.09. The third-order valence-corrected chi connectivity index (χ3v) is 5.06. The fraction of sp³-hybridized carbons (Fsp3) is 0.111. The second-order valence-electron chi connectivity index (χ2n) is 5.07. The summed E-state index contributed by atoms with van der Waals surface area (Å²) in [4.78, 5) is 17.5. The van der Waals surface area contributed by atoms with Gasteiger partial charge in [0.2, 0.25) is 0 Å². The molecule has 0 saturated carbocycles. The molecule has 0 amide bonds.